The van der Waals surface area contributed by atoms with E-state index in [4.69, 9.17) is 6.93 Å². The van der Waals surface area contributed by atoms with Gasteiger partial charge in [0, 0.05) is 0 Å². The predicted octanol–water partition coefficient (Wildman–Crippen LogP) is 6.51. The molecule has 0 saturated carbocycles. The summed E-state index contributed by atoms with van der Waals surface area (Å²) < 4.78 is 107. The molecule has 4 aromatic carbocycles. The first kappa shape index (κ1) is 25.3. The minimum atomic E-state index is -5.51. The Morgan fingerprint density at radius 2 is 1.22 bits per heavy atom. The molecule has 0 spiro atoms. The normalized spacial score (nSPS) is 12.3. The van der Waals surface area contributed by atoms with Crippen LogP contribution in [0.3, 0.4) is 0 Å². The van der Waals surface area contributed by atoms with Crippen molar-refractivity contribution in [3.05, 3.63) is 119 Å². The van der Waals surface area contributed by atoms with E-state index in [1.54, 1.807) is 42.5 Å². The molecule has 1 aromatic heterocycles. The standard InChI is InChI=1S/C25H12F5IO5S/c26-19-20(27)22(29)25(23(30)21(19)28)37(33,34)36-31(13-6-2-1-3-7-13)14-10-11-18-16(12-14)24(32)15-8-4-5-9-17(15)35-18/h1-12H. The SMILES string of the molecule is O=c1c2ccccc2oc2ccc(I(OS(=O)(=O)c3c(F)c(F)c(F)c(F)c3F)c3ccccc3)cc12. The molecule has 190 valence electrons. The Hall–Kier alpha value is -3.36. The van der Waals surface area contributed by atoms with E-state index in [2.05, 4.69) is 0 Å². The van der Waals surface area contributed by atoms with Crippen LogP contribution in [0.5, 0.6) is 0 Å². The van der Waals surface area contributed by atoms with Crippen molar-refractivity contribution in [2.45, 2.75) is 4.90 Å². The van der Waals surface area contributed by atoms with Crippen molar-refractivity contribution in [2.24, 2.45) is 0 Å². The van der Waals surface area contributed by atoms with Crippen LogP contribution in [0.15, 0.2) is 86.9 Å². The van der Waals surface area contributed by atoms with Gasteiger partial charge < -0.3 is 0 Å². The first-order valence-electron chi connectivity index (χ1n) is 10.3. The van der Waals surface area contributed by atoms with E-state index in [0.29, 0.717) is 9.15 Å². The zero-order chi connectivity index (χ0) is 26.5. The van der Waals surface area contributed by atoms with E-state index < -0.39 is 69.8 Å². The Bertz CT molecular complexity index is 1830. The molecule has 0 radical (unpaired) electrons. The van der Waals surface area contributed by atoms with Gasteiger partial charge in [0.25, 0.3) is 0 Å². The second kappa shape index (κ2) is 9.50. The Balaban J connectivity index is 1.70. The molecular formula is C25H12F5IO5S. The zero-order valence-corrected chi connectivity index (χ0v) is 21.1. The number of halogens is 6. The first-order chi connectivity index (χ1) is 17.6. The summed E-state index contributed by atoms with van der Waals surface area (Å²) in [6.07, 6.45) is 0. The fourth-order valence-corrected chi connectivity index (χ4v) is 10.6. The number of hydrogen-bond acceptors (Lipinski definition) is 5. The van der Waals surface area contributed by atoms with Crippen LogP contribution in [0.25, 0.3) is 21.9 Å². The molecule has 0 atom stereocenters. The summed E-state index contributed by atoms with van der Waals surface area (Å²) >= 11 is -3.70. The third-order valence-electron chi connectivity index (χ3n) is 5.23. The summed E-state index contributed by atoms with van der Waals surface area (Å²) in [5, 5.41) is 0.355. The molecule has 5 nitrogen and oxygen atoms in total. The van der Waals surface area contributed by atoms with Gasteiger partial charge in [0.1, 0.15) is 0 Å². The molecule has 1 heterocycles. The second-order valence-corrected chi connectivity index (χ2v) is 14.0. The first-order valence-corrected chi connectivity index (χ1v) is 14.7. The molecule has 0 aliphatic carbocycles. The van der Waals surface area contributed by atoms with Gasteiger partial charge in [-0.15, -0.1) is 0 Å². The molecule has 0 bridgehead atoms. The number of benzene rings is 4. The number of para-hydroxylation sites is 1. The van der Waals surface area contributed by atoms with E-state index in [9.17, 15) is 35.2 Å². The summed E-state index contributed by atoms with van der Waals surface area (Å²) in [4.78, 5) is 11.0. The Morgan fingerprint density at radius 3 is 1.89 bits per heavy atom. The van der Waals surface area contributed by atoms with E-state index in [-0.39, 0.29) is 19.9 Å². The molecule has 0 aliphatic rings. The molecule has 37 heavy (non-hydrogen) atoms. The second-order valence-electron chi connectivity index (χ2n) is 7.53. The predicted molar refractivity (Wildman–Crippen MR) is 132 cm³/mol. The van der Waals surface area contributed by atoms with Gasteiger partial charge in [0.2, 0.25) is 0 Å². The number of hydrogen-bond donors (Lipinski definition) is 0. The quantitative estimate of drug-likeness (QED) is 0.0717. The topological polar surface area (TPSA) is 73.6 Å². The average Bonchev–Trinajstić information content (AvgIpc) is 2.90. The zero-order valence-electron chi connectivity index (χ0n) is 18.1. The van der Waals surface area contributed by atoms with Crippen molar-refractivity contribution in [2.75, 3.05) is 0 Å². The maximum atomic E-state index is 14.3. The van der Waals surface area contributed by atoms with Crippen LogP contribution in [0.1, 0.15) is 0 Å². The molecule has 5 rings (SSSR count). The van der Waals surface area contributed by atoms with Gasteiger partial charge >= 0.3 is 214 Å². The van der Waals surface area contributed by atoms with Gasteiger partial charge in [0.15, 0.2) is 0 Å². The molecule has 0 aliphatic heterocycles. The van der Waals surface area contributed by atoms with Crippen molar-refractivity contribution in [3.63, 3.8) is 0 Å². The molecule has 0 N–H and O–H groups in total. The summed E-state index contributed by atoms with van der Waals surface area (Å²) in [5.41, 5.74) is 0.112. The van der Waals surface area contributed by atoms with Crippen LogP contribution in [-0.2, 0) is 12.6 Å². The molecule has 5 aromatic rings. The monoisotopic (exact) mass is 646 g/mol. The van der Waals surface area contributed by atoms with Crippen molar-refractivity contribution in [1.29, 1.82) is 0 Å². The Morgan fingerprint density at radius 1 is 0.649 bits per heavy atom. The molecule has 0 fully saturated rings. The average molecular weight is 646 g/mol. The molecule has 0 saturated heterocycles. The Labute approximate surface area is 213 Å². The van der Waals surface area contributed by atoms with E-state index in [0.717, 1.165) is 0 Å². The van der Waals surface area contributed by atoms with E-state index >= 15 is 0 Å². The van der Waals surface area contributed by atoms with Crippen LogP contribution < -0.4 is 5.43 Å². The van der Waals surface area contributed by atoms with Crippen LogP contribution in [0.2, 0.25) is 0 Å². The third kappa shape index (κ3) is 4.38. The molecule has 0 amide bonds. The Kier molecular flexibility index (Phi) is 6.50. The van der Waals surface area contributed by atoms with Gasteiger partial charge in [-0.1, -0.05) is 0 Å². The van der Waals surface area contributed by atoms with Gasteiger partial charge in [-0.05, 0) is 0 Å². The summed E-state index contributed by atoms with van der Waals surface area (Å²) in [7, 11) is -5.51. The van der Waals surface area contributed by atoms with Crippen molar-refractivity contribution < 1.29 is 37.3 Å². The summed E-state index contributed by atoms with van der Waals surface area (Å²) in [6, 6.07) is 18.4. The number of rotatable bonds is 5. The minimum absolute atomic E-state index is 0.0895. The van der Waals surface area contributed by atoms with Crippen LogP contribution >= 0.6 is 20.2 Å². The maximum absolute atomic E-state index is 14.3. The van der Waals surface area contributed by atoms with Crippen molar-refractivity contribution in [3.8, 4) is 0 Å². The molecule has 0 unspecified atom stereocenters. The van der Waals surface area contributed by atoms with Gasteiger partial charge in [-0.2, -0.15) is 0 Å². The van der Waals surface area contributed by atoms with Gasteiger partial charge in [0.05, 0.1) is 0 Å². The third-order valence-corrected chi connectivity index (χ3v) is 12.5. The fraction of sp³-hybridized carbons (Fsp3) is 0. The summed E-state index contributed by atoms with van der Waals surface area (Å²) in [5.74, 6) is -12.4. The van der Waals surface area contributed by atoms with E-state index in [1.807, 2.05) is 0 Å². The van der Waals surface area contributed by atoms with Crippen LogP contribution in [0, 0.1) is 36.2 Å². The number of fused-ring (bicyclic) bond motifs is 2. The molecular weight excluding hydrogens is 634 g/mol. The van der Waals surface area contributed by atoms with Gasteiger partial charge in [-0.3, -0.25) is 0 Å². The van der Waals surface area contributed by atoms with Crippen LogP contribution in [0.4, 0.5) is 22.0 Å². The van der Waals surface area contributed by atoms with E-state index in [1.165, 1.54) is 30.3 Å². The fourth-order valence-electron chi connectivity index (χ4n) is 3.53. The summed E-state index contributed by atoms with van der Waals surface area (Å²) in [6.45, 7) is 0. The van der Waals surface area contributed by atoms with Crippen molar-refractivity contribution in [1.82, 2.24) is 0 Å². The van der Waals surface area contributed by atoms with Crippen LogP contribution in [-0.4, -0.2) is 8.42 Å². The molecule has 12 heteroatoms. The van der Waals surface area contributed by atoms with Crippen molar-refractivity contribution >= 4 is 52.3 Å². The van der Waals surface area contributed by atoms with Gasteiger partial charge in [-0.25, -0.2) is 0 Å².